The summed E-state index contributed by atoms with van der Waals surface area (Å²) in [5.41, 5.74) is 0. The summed E-state index contributed by atoms with van der Waals surface area (Å²) in [5, 5.41) is 0. The summed E-state index contributed by atoms with van der Waals surface area (Å²) in [5.74, 6) is 0.0266. The fourth-order valence-corrected chi connectivity index (χ4v) is 1.49. The van der Waals surface area contributed by atoms with Crippen molar-refractivity contribution in [2.24, 2.45) is 9.98 Å². The van der Waals surface area contributed by atoms with Gasteiger partial charge < -0.3 is 9.64 Å². The fourth-order valence-electron chi connectivity index (χ4n) is 1.49. The molecule has 1 aliphatic rings. The van der Waals surface area contributed by atoms with Gasteiger partial charge in [-0.15, -0.1) is 0 Å². The molecule has 1 heterocycles. The third kappa shape index (κ3) is 7.34. The fraction of sp³-hybridized carbons (Fsp3) is 0.571. The van der Waals surface area contributed by atoms with Crippen molar-refractivity contribution in [1.82, 2.24) is 4.90 Å². The predicted octanol–water partition coefficient (Wildman–Crippen LogP) is 1.54. The number of ketones is 1. The first-order valence-electron chi connectivity index (χ1n) is 6.44. The van der Waals surface area contributed by atoms with Gasteiger partial charge in [0.2, 0.25) is 0 Å². The maximum atomic E-state index is 11.7. The zero-order valence-electron chi connectivity index (χ0n) is 11.6. The van der Waals surface area contributed by atoms with E-state index >= 15 is 0 Å². The molecule has 0 bridgehead atoms. The maximum Gasteiger partial charge on any atom is 0.179 e. The van der Waals surface area contributed by atoms with Crippen molar-refractivity contribution in [3.63, 3.8) is 0 Å². The molecule has 0 spiro atoms. The van der Waals surface area contributed by atoms with E-state index in [-0.39, 0.29) is 5.78 Å². The van der Waals surface area contributed by atoms with Crippen LogP contribution < -0.4 is 0 Å². The van der Waals surface area contributed by atoms with Crippen LogP contribution in [0.25, 0.3) is 0 Å². The third-order valence-corrected chi connectivity index (χ3v) is 2.50. The molecule has 5 heteroatoms. The van der Waals surface area contributed by atoms with Gasteiger partial charge in [0.25, 0.3) is 0 Å². The highest BCUT2D eigenvalue weighted by Crippen LogP contribution is 2.05. The summed E-state index contributed by atoms with van der Waals surface area (Å²) < 4.78 is 5.17. The Morgan fingerprint density at radius 3 is 2.79 bits per heavy atom. The van der Waals surface area contributed by atoms with Crippen LogP contribution >= 0.6 is 0 Å². The van der Waals surface area contributed by atoms with E-state index in [0.717, 1.165) is 19.5 Å². The molecule has 1 rings (SSSR count). The first-order chi connectivity index (χ1) is 9.20. The molecule has 0 N–H and O–H groups in total. The Morgan fingerprint density at radius 1 is 1.32 bits per heavy atom. The molecule has 0 aromatic carbocycles. The van der Waals surface area contributed by atoms with E-state index in [9.17, 15) is 4.79 Å². The highest BCUT2D eigenvalue weighted by molar-refractivity contribution is 5.85. The van der Waals surface area contributed by atoms with Gasteiger partial charge in [-0.1, -0.05) is 6.08 Å². The van der Waals surface area contributed by atoms with Crippen LogP contribution in [0.2, 0.25) is 0 Å². The Balaban J connectivity index is 2.12. The summed E-state index contributed by atoms with van der Waals surface area (Å²) in [6, 6.07) is 2.62. The molecular weight excluding hydrogens is 242 g/mol. The summed E-state index contributed by atoms with van der Waals surface area (Å²) in [6.07, 6.45) is 7.70. The van der Waals surface area contributed by atoms with Gasteiger partial charge in [-0.05, 0) is 39.2 Å². The Kier molecular flexibility index (Phi) is 7.47. The monoisotopic (exact) mass is 263 g/mol. The number of rotatable bonds is 8. The second kappa shape index (κ2) is 9.25. The Hall–Kier alpha value is -1.71. The van der Waals surface area contributed by atoms with E-state index in [1.807, 2.05) is 20.2 Å². The number of aliphatic imine (C=N–C) groups is 2. The van der Waals surface area contributed by atoms with Crippen LogP contribution in [0.3, 0.4) is 0 Å². The van der Waals surface area contributed by atoms with Crippen molar-refractivity contribution >= 4 is 11.8 Å². The van der Waals surface area contributed by atoms with Gasteiger partial charge in [0, 0.05) is 6.42 Å². The molecule has 1 unspecified atom stereocenters. The Morgan fingerprint density at radius 2 is 2.11 bits per heavy atom. The second-order valence-electron chi connectivity index (χ2n) is 4.51. The molecular formula is C14H21N3O2. The van der Waals surface area contributed by atoms with E-state index in [2.05, 4.69) is 20.9 Å². The molecule has 0 aromatic rings. The van der Waals surface area contributed by atoms with Gasteiger partial charge in [-0.2, -0.15) is 0 Å². The van der Waals surface area contributed by atoms with Crippen LogP contribution in [0.4, 0.5) is 0 Å². The number of carbonyl (C=O) groups excluding carboxylic acids is 1. The number of allylic oxidation sites excluding steroid dienone is 2. The number of Topliss-reactive ketones (excluding diaryl/α,β-unsaturated/α-hetero) is 1. The van der Waals surface area contributed by atoms with Gasteiger partial charge >= 0.3 is 0 Å². The van der Waals surface area contributed by atoms with Crippen molar-refractivity contribution < 1.29 is 9.53 Å². The van der Waals surface area contributed by atoms with Gasteiger partial charge in [0.15, 0.2) is 11.9 Å². The van der Waals surface area contributed by atoms with Gasteiger partial charge in [-0.25, -0.2) is 9.98 Å². The van der Waals surface area contributed by atoms with E-state index in [1.165, 1.54) is 6.26 Å². The molecule has 19 heavy (non-hydrogen) atoms. The first kappa shape index (κ1) is 15.3. The van der Waals surface area contributed by atoms with Gasteiger partial charge in [0.1, 0.15) is 0 Å². The minimum absolute atomic E-state index is 0.0266. The molecule has 0 saturated heterocycles. The highest BCUT2D eigenvalue weighted by Gasteiger charge is 2.15. The van der Waals surface area contributed by atoms with E-state index < -0.39 is 6.10 Å². The Bertz CT molecular complexity index is 393. The van der Waals surface area contributed by atoms with Gasteiger partial charge in [0.05, 0.1) is 25.4 Å². The lowest BCUT2D eigenvalue weighted by Gasteiger charge is -2.12. The van der Waals surface area contributed by atoms with Gasteiger partial charge in [-0.3, -0.25) is 4.79 Å². The van der Waals surface area contributed by atoms with Crippen LogP contribution in [0.5, 0.6) is 0 Å². The zero-order chi connectivity index (χ0) is 13.9. The average Bonchev–Trinajstić information content (AvgIpc) is 2.42. The summed E-state index contributed by atoms with van der Waals surface area (Å²) in [7, 11) is 4.06. The van der Waals surface area contributed by atoms with Crippen LogP contribution in [0.15, 0.2) is 34.5 Å². The van der Waals surface area contributed by atoms with E-state index in [0.29, 0.717) is 13.0 Å². The maximum absolute atomic E-state index is 11.7. The SMILES string of the molecule is CN(C)CCCN=C=NCCC(=O)C1C=CC=CO1. The van der Waals surface area contributed by atoms with Crippen molar-refractivity contribution in [2.75, 3.05) is 33.7 Å². The molecule has 0 fully saturated rings. The predicted molar refractivity (Wildman–Crippen MR) is 75.5 cm³/mol. The van der Waals surface area contributed by atoms with Crippen molar-refractivity contribution in [3.05, 3.63) is 24.5 Å². The average molecular weight is 263 g/mol. The second-order valence-corrected chi connectivity index (χ2v) is 4.51. The van der Waals surface area contributed by atoms with E-state index in [4.69, 9.17) is 4.74 Å². The van der Waals surface area contributed by atoms with Crippen LogP contribution in [-0.2, 0) is 9.53 Å². The molecule has 0 saturated carbocycles. The third-order valence-electron chi connectivity index (χ3n) is 2.50. The summed E-state index contributed by atoms with van der Waals surface area (Å²) in [4.78, 5) is 21.8. The summed E-state index contributed by atoms with van der Waals surface area (Å²) in [6.45, 7) is 2.13. The molecule has 1 atom stereocenters. The van der Waals surface area contributed by atoms with E-state index in [1.54, 1.807) is 12.2 Å². The first-order valence-corrected chi connectivity index (χ1v) is 6.44. The quantitative estimate of drug-likeness (QED) is 0.493. The van der Waals surface area contributed by atoms with Crippen LogP contribution in [-0.4, -0.2) is 56.5 Å². The Labute approximate surface area is 114 Å². The molecule has 0 amide bonds. The molecule has 0 radical (unpaired) electrons. The number of hydrogen-bond acceptors (Lipinski definition) is 5. The van der Waals surface area contributed by atoms with Crippen molar-refractivity contribution in [1.29, 1.82) is 0 Å². The minimum atomic E-state index is -0.461. The van der Waals surface area contributed by atoms with Crippen LogP contribution in [0.1, 0.15) is 12.8 Å². The molecule has 0 aliphatic carbocycles. The number of ether oxygens (including phenoxy) is 1. The molecule has 104 valence electrons. The molecule has 1 aliphatic heterocycles. The normalized spacial score (nSPS) is 16.9. The topological polar surface area (TPSA) is 54.3 Å². The lowest BCUT2D eigenvalue weighted by molar-refractivity contribution is -0.125. The standard InChI is InChI=1S/C14H21N3O2/c1-17(2)10-5-8-15-12-16-9-7-13(18)14-6-3-4-11-19-14/h3-4,6,11,14H,5,7-10H2,1-2H3. The van der Waals surface area contributed by atoms with Crippen molar-refractivity contribution in [3.8, 4) is 0 Å². The molecule has 0 aromatic heterocycles. The highest BCUT2D eigenvalue weighted by atomic mass is 16.5. The number of carbonyl (C=O) groups is 1. The van der Waals surface area contributed by atoms with Crippen molar-refractivity contribution in [2.45, 2.75) is 18.9 Å². The molecule has 5 nitrogen and oxygen atoms in total. The zero-order valence-corrected chi connectivity index (χ0v) is 11.6. The number of hydrogen-bond donors (Lipinski definition) is 0. The minimum Gasteiger partial charge on any atom is -0.486 e. The largest absolute Gasteiger partial charge is 0.486 e. The van der Waals surface area contributed by atoms with Crippen LogP contribution in [0, 0.1) is 0 Å². The summed E-state index contributed by atoms with van der Waals surface area (Å²) >= 11 is 0. The lowest BCUT2D eigenvalue weighted by Crippen LogP contribution is -2.21. The lowest BCUT2D eigenvalue weighted by atomic mass is 10.1. The smallest absolute Gasteiger partial charge is 0.179 e. The number of nitrogens with zero attached hydrogens (tertiary/aromatic N) is 3.